The molecule has 1 aliphatic carbocycles. The van der Waals surface area contributed by atoms with Crippen LogP contribution in [0.15, 0.2) is 30.5 Å². The Morgan fingerprint density at radius 3 is 2.96 bits per heavy atom. The third kappa shape index (κ3) is 3.28. The average molecular weight is 363 g/mol. The molecule has 2 heterocycles. The minimum atomic E-state index is -0.456. The Hall–Kier alpha value is -1.92. The van der Waals surface area contributed by atoms with Crippen LogP contribution in [0.2, 0.25) is 5.02 Å². The summed E-state index contributed by atoms with van der Waals surface area (Å²) >= 11 is 5.72. The van der Waals surface area contributed by atoms with Crippen molar-refractivity contribution in [2.75, 3.05) is 18.4 Å². The fourth-order valence-corrected chi connectivity index (χ4v) is 3.90. The molecule has 5 nitrogen and oxygen atoms in total. The maximum absolute atomic E-state index is 13.6. The maximum Gasteiger partial charge on any atom is 0.229 e. The van der Waals surface area contributed by atoms with Crippen LogP contribution in [0.4, 0.5) is 10.2 Å². The molecule has 1 aromatic carbocycles. The molecule has 25 heavy (non-hydrogen) atoms. The first-order chi connectivity index (χ1) is 12.1. The van der Waals surface area contributed by atoms with Gasteiger partial charge in [-0.1, -0.05) is 17.7 Å². The Kier molecular flexibility index (Phi) is 4.25. The van der Waals surface area contributed by atoms with E-state index in [4.69, 9.17) is 11.6 Å². The van der Waals surface area contributed by atoms with Gasteiger partial charge in [0, 0.05) is 12.0 Å². The van der Waals surface area contributed by atoms with E-state index in [2.05, 4.69) is 15.7 Å². The second-order valence-electron chi connectivity index (χ2n) is 6.98. The lowest BCUT2D eigenvalue weighted by Gasteiger charge is -2.23. The van der Waals surface area contributed by atoms with Gasteiger partial charge >= 0.3 is 0 Å². The monoisotopic (exact) mass is 362 g/mol. The molecule has 1 spiro atoms. The van der Waals surface area contributed by atoms with Crippen LogP contribution >= 0.6 is 11.6 Å². The second-order valence-corrected chi connectivity index (χ2v) is 7.39. The number of piperidine rings is 1. The van der Waals surface area contributed by atoms with Crippen molar-refractivity contribution in [1.29, 1.82) is 0 Å². The van der Waals surface area contributed by atoms with E-state index in [1.165, 1.54) is 12.1 Å². The van der Waals surface area contributed by atoms with Crippen LogP contribution in [-0.2, 0) is 11.3 Å². The number of nitrogens with one attached hydrogen (secondary N) is 2. The van der Waals surface area contributed by atoms with Crippen molar-refractivity contribution < 1.29 is 9.18 Å². The highest BCUT2D eigenvalue weighted by Gasteiger charge is 2.57. The summed E-state index contributed by atoms with van der Waals surface area (Å²) in [6.45, 7) is 2.35. The minimum absolute atomic E-state index is 0.0611. The largest absolute Gasteiger partial charge is 0.317 e. The zero-order valence-corrected chi connectivity index (χ0v) is 14.5. The first-order valence-corrected chi connectivity index (χ1v) is 8.93. The van der Waals surface area contributed by atoms with Crippen molar-refractivity contribution in [3.05, 3.63) is 46.9 Å². The van der Waals surface area contributed by atoms with E-state index in [-0.39, 0.29) is 22.3 Å². The molecule has 1 saturated heterocycles. The molecule has 2 N–H and O–H groups in total. The number of carbonyl (C=O) groups excluding carboxylic acids is 1. The summed E-state index contributed by atoms with van der Waals surface area (Å²) in [6, 6.07) is 6.44. The lowest BCUT2D eigenvalue weighted by molar-refractivity contribution is -0.118. The molecule has 2 aromatic rings. The van der Waals surface area contributed by atoms with Gasteiger partial charge < -0.3 is 10.6 Å². The van der Waals surface area contributed by atoms with Crippen molar-refractivity contribution in [2.24, 2.45) is 11.3 Å². The van der Waals surface area contributed by atoms with Crippen molar-refractivity contribution in [3.8, 4) is 0 Å². The van der Waals surface area contributed by atoms with Gasteiger partial charge in [0.05, 0.1) is 17.8 Å². The quantitative estimate of drug-likeness (QED) is 0.878. The number of halogens is 2. The first kappa shape index (κ1) is 16.5. The smallest absolute Gasteiger partial charge is 0.229 e. The summed E-state index contributed by atoms with van der Waals surface area (Å²) in [6.07, 6.45) is 4.73. The van der Waals surface area contributed by atoms with Gasteiger partial charge in [0.2, 0.25) is 5.91 Å². The second kappa shape index (κ2) is 6.42. The topological polar surface area (TPSA) is 59.0 Å². The van der Waals surface area contributed by atoms with E-state index in [1.807, 2.05) is 0 Å². The lowest BCUT2D eigenvalue weighted by atomic mass is 9.92. The number of hydrogen-bond acceptors (Lipinski definition) is 3. The van der Waals surface area contributed by atoms with Crippen molar-refractivity contribution >= 4 is 23.3 Å². The number of nitrogens with zero attached hydrogens (tertiary/aromatic N) is 2. The molecule has 132 valence electrons. The molecular weight excluding hydrogens is 343 g/mol. The molecule has 0 radical (unpaired) electrons. The van der Waals surface area contributed by atoms with Crippen molar-refractivity contribution in [1.82, 2.24) is 15.1 Å². The van der Waals surface area contributed by atoms with Crippen LogP contribution in [0.3, 0.4) is 0 Å². The van der Waals surface area contributed by atoms with Gasteiger partial charge in [-0.15, -0.1) is 0 Å². The Balaban J connectivity index is 1.43. The maximum atomic E-state index is 13.6. The number of anilines is 1. The molecule has 1 aliphatic heterocycles. The summed E-state index contributed by atoms with van der Waals surface area (Å²) in [4.78, 5) is 12.6. The molecule has 2 aliphatic rings. The molecule has 1 amide bonds. The third-order valence-corrected chi connectivity index (χ3v) is 5.70. The van der Waals surface area contributed by atoms with E-state index in [9.17, 15) is 9.18 Å². The van der Waals surface area contributed by atoms with Crippen LogP contribution < -0.4 is 10.6 Å². The zero-order chi connectivity index (χ0) is 17.4. The number of carbonyl (C=O) groups is 1. The highest BCUT2D eigenvalue weighted by atomic mass is 35.5. The average Bonchev–Trinajstić information content (AvgIpc) is 3.12. The Labute approximate surface area is 150 Å². The molecule has 1 atom stereocenters. The van der Waals surface area contributed by atoms with Gasteiger partial charge in [-0.05, 0) is 55.5 Å². The molecule has 0 bridgehead atoms. The lowest BCUT2D eigenvalue weighted by Crippen LogP contribution is -2.31. The van der Waals surface area contributed by atoms with Gasteiger partial charge in [-0.2, -0.15) is 5.10 Å². The molecular formula is C18H20ClFN4O. The van der Waals surface area contributed by atoms with E-state index in [0.29, 0.717) is 12.4 Å². The summed E-state index contributed by atoms with van der Waals surface area (Å²) in [7, 11) is 0. The predicted octanol–water partition coefficient (Wildman–Crippen LogP) is 3.05. The number of hydrogen-bond donors (Lipinski definition) is 2. The Morgan fingerprint density at radius 1 is 1.40 bits per heavy atom. The molecule has 1 unspecified atom stereocenters. The third-order valence-electron chi connectivity index (χ3n) is 5.39. The van der Waals surface area contributed by atoms with Crippen molar-refractivity contribution in [3.63, 3.8) is 0 Å². The van der Waals surface area contributed by atoms with E-state index in [0.717, 1.165) is 37.9 Å². The number of benzene rings is 1. The normalized spacial score (nSPS) is 21.3. The summed E-state index contributed by atoms with van der Waals surface area (Å²) < 4.78 is 15.3. The molecule has 2 fully saturated rings. The number of rotatable bonds is 4. The molecule has 1 aromatic heterocycles. The highest BCUT2D eigenvalue weighted by molar-refractivity contribution is 6.30. The van der Waals surface area contributed by atoms with Gasteiger partial charge in [0.25, 0.3) is 0 Å². The SMILES string of the molecule is O=C(Nc1ccnn1Cc1ccc(Cl)c(F)c1)C1CC12CCNCC2. The van der Waals surface area contributed by atoms with Gasteiger partial charge in [-0.25, -0.2) is 9.07 Å². The van der Waals surface area contributed by atoms with Gasteiger partial charge in [0.15, 0.2) is 0 Å². The van der Waals surface area contributed by atoms with Crippen LogP contribution in [-0.4, -0.2) is 28.8 Å². The number of aromatic nitrogens is 2. The Bertz CT molecular complexity index is 800. The molecule has 1 saturated carbocycles. The molecule has 4 rings (SSSR count). The fourth-order valence-electron chi connectivity index (χ4n) is 3.78. The van der Waals surface area contributed by atoms with Crippen LogP contribution in [0.5, 0.6) is 0 Å². The standard InChI is InChI=1S/C18H20ClFN4O/c19-14-2-1-12(9-15(14)20)11-24-16(3-6-22-24)23-17(25)13-10-18(13)4-7-21-8-5-18/h1-3,6,9,13,21H,4-5,7-8,10-11H2,(H,23,25). The molecule has 7 heteroatoms. The van der Waals surface area contributed by atoms with E-state index < -0.39 is 5.82 Å². The summed E-state index contributed by atoms with van der Waals surface area (Å²) in [5.74, 6) is 0.330. The van der Waals surface area contributed by atoms with Gasteiger partial charge in [0.1, 0.15) is 11.6 Å². The number of amides is 1. The fraction of sp³-hybridized carbons (Fsp3) is 0.444. The van der Waals surface area contributed by atoms with Crippen LogP contribution in [0.25, 0.3) is 0 Å². The van der Waals surface area contributed by atoms with E-state index >= 15 is 0 Å². The van der Waals surface area contributed by atoms with Gasteiger partial charge in [-0.3, -0.25) is 4.79 Å². The van der Waals surface area contributed by atoms with Crippen molar-refractivity contribution in [2.45, 2.75) is 25.8 Å². The van der Waals surface area contributed by atoms with Crippen LogP contribution in [0, 0.1) is 17.2 Å². The zero-order valence-electron chi connectivity index (χ0n) is 13.8. The summed E-state index contributed by atoms with van der Waals surface area (Å²) in [5.41, 5.74) is 0.932. The van der Waals surface area contributed by atoms with Crippen LogP contribution in [0.1, 0.15) is 24.8 Å². The summed E-state index contributed by atoms with van der Waals surface area (Å²) in [5, 5.41) is 10.7. The Morgan fingerprint density at radius 2 is 2.20 bits per heavy atom. The van der Waals surface area contributed by atoms with E-state index in [1.54, 1.807) is 23.0 Å². The highest BCUT2D eigenvalue weighted by Crippen LogP contribution is 2.58. The predicted molar refractivity (Wildman–Crippen MR) is 94.0 cm³/mol. The first-order valence-electron chi connectivity index (χ1n) is 8.55. The minimum Gasteiger partial charge on any atom is -0.317 e.